The first-order valence-electron chi connectivity index (χ1n) is 7.41. The molecule has 100 valence electrons. The summed E-state index contributed by atoms with van der Waals surface area (Å²) in [5.74, 6) is 0. The summed E-state index contributed by atoms with van der Waals surface area (Å²) >= 11 is 0. The molecule has 1 aliphatic carbocycles. The van der Waals surface area contributed by atoms with Crippen LogP contribution in [0.3, 0.4) is 0 Å². The largest absolute Gasteiger partial charge is 0.385 e. The first-order valence-corrected chi connectivity index (χ1v) is 7.41. The monoisotopic (exact) mass is 255 g/mol. The molecule has 2 aliphatic heterocycles. The molecule has 0 aromatic heterocycles. The summed E-state index contributed by atoms with van der Waals surface area (Å²) in [5.41, 5.74) is 3.25. The van der Waals surface area contributed by atoms with Gasteiger partial charge in [-0.2, -0.15) is 0 Å². The molecule has 0 radical (unpaired) electrons. The third-order valence-electron chi connectivity index (χ3n) is 5.46. The molecule has 2 fully saturated rings. The molecule has 2 heterocycles. The van der Waals surface area contributed by atoms with Gasteiger partial charge in [0.15, 0.2) is 0 Å². The Morgan fingerprint density at radius 1 is 1.21 bits per heavy atom. The predicted octanol–water partition coefficient (Wildman–Crippen LogP) is 2.70. The lowest BCUT2D eigenvalue weighted by Gasteiger charge is -2.43. The Morgan fingerprint density at radius 2 is 1.95 bits per heavy atom. The highest BCUT2D eigenvalue weighted by Crippen LogP contribution is 2.46. The maximum atomic E-state index is 11.3. The summed E-state index contributed by atoms with van der Waals surface area (Å²) in [6.07, 6.45) is 9.67. The van der Waals surface area contributed by atoms with Crippen molar-refractivity contribution in [3.05, 3.63) is 41.0 Å². The molecular formula is C17H21NO. The van der Waals surface area contributed by atoms with Crippen LogP contribution in [0.2, 0.25) is 0 Å². The van der Waals surface area contributed by atoms with Crippen LogP contribution >= 0.6 is 0 Å². The second-order valence-electron chi connectivity index (χ2n) is 6.47. The second-order valence-corrected chi connectivity index (χ2v) is 6.47. The number of rotatable bonds is 1. The molecule has 0 amide bonds. The van der Waals surface area contributed by atoms with Crippen molar-refractivity contribution in [1.29, 1.82) is 0 Å². The number of benzene rings is 1. The molecule has 2 saturated heterocycles. The molecule has 2 atom stereocenters. The van der Waals surface area contributed by atoms with E-state index in [9.17, 15) is 5.11 Å². The molecule has 0 saturated carbocycles. The highest BCUT2D eigenvalue weighted by molar-refractivity contribution is 5.62. The Bertz CT molecular complexity index is 534. The molecule has 2 unspecified atom stereocenters. The molecule has 2 bridgehead atoms. The van der Waals surface area contributed by atoms with Crippen LogP contribution < -0.4 is 0 Å². The Hall–Kier alpha value is -1.12. The number of hydrogen-bond donors (Lipinski definition) is 1. The molecule has 0 spiro atoms. The molecule has 3 aliphatic rings. The summed E-state index contributed by atoms with van der Waals surface area (Å²) in [6.45, 7) is 0. The van der Waals surface area contributed by atoms with E-state index in [1.165, 1.54) is 29.5 Å². The summed E-state index contributed by atoms with van der Waals surface area (Å²) in [6, 6.07) is 7.54. The van der Waals surface area contributed by atoms with Gasteiger partial charge in [-0.15, -0.1) is 0 Å². The summed E-state index contributed by atoms with van der Waals surface area (Å²) < 4.78 is 0. The van der Waals surface area contributed by atoms with Crippen LogP contribution in [0, 0.1) is 0 Å². The smallest absolute Gasteiger partial charge is 0.0929 e. The van der Waals surface area contributed by atoms with Gasteiger partial charge < -0.3 is 10.0 Å². The topological polar surface area (TPSA) is 23.5 Å². The van der Waals surface area contributed by atoms with Crippen LogP contribution in [0.25, 0.3) is 6.08 Å². The Morgan fingerprint density at radius 3 is 2.68 bits per heavy atom. The number of hydrogen-bond acceptors (Lipinski definition) is 2. The van der Waals surface area contributed by atoms with Gasteiger partial charge in [0.2, 0.25) is 0 Å². The number of allylic oxidation sites excluding steroid dienone is 1. The Labute approximate surface area is 114 Å². The second kappa shape index (κ2) is 3.94. The minimum absolute atomic E-state index is 0.564. The maximum Gasteiger partial charge on any atom is 0.0929 e. The average molecular weight is 255 g/mol. The van der Waals surface area contributed by atoms with Crippen molar-refractivity contribution in [3.63, 3.8) is 0 Å². The van der Waals surface area contributed by atoms with Gasteiger partial charge in [0.1, 0.15) is 0 Å². The lowest BCUT2D eigenvalue weighted by molar-refractivity contribution is -0.0498. The van der Waals surface area contributed by atoms with Gasteiger partial charge in [0, 0.05) is 12.1 Å². The van der Waals surface area contributed by atoms with Gasteiger partial charge in [-0.25, -0.2) is 0 Å². The van der Waals surface area contributed by atoms with E-state index in [1.807, 2.05) is 0 Å². The summed E-state index contributed by atoms with van der Waals surface area (Å²) in [4.78, 5) is 2.48. The predicted molar refractivity (Wildman–Crippen MR) is 76.9 cm³/mol. The van der Waals surface area contributed by atoms with Crippen LogP contribution in [0.5, 0.6) is 0 Å². The standard InChI is InChI=1S/C17H21NO/c1-18-13-8-9-14(18)11-17(19,10-13)16-7-3-5-12-4-2-6-15(12)16/h2-5,7,13-14,19H,6,8-11H2,1H3. The fourth-order valence-corrected chi connectivity index (χ4v) is 4.39. The lowest BCUT2D eigenvalue weighted by Crippen LogP contribution is -2.48. The molecule has 2 heteroatoms. The zero-order valence-electron chi connectivity index (χ0n) is 11.5. The van der Waals surface area contributed by atoms with E-state index in [1.54, 1.807) is 0 Å². The van der Waals surface area contributed by atoms with Crippen molar-refractivity contribution >= 4 is 6.08 Å². The number of nitrogens with zero attached hydrogens (tertiary/aromatic N) is 1. The molecule has 1 aromatic carbocycles. The number of piperidine rings is 1. The Balaban J connectivity index is 1.75. The zero-order chi connectivity index (χ0) is 13.0. The van der Waals surface area contributed by atoms with Crippen LogP contribution in [-0.4, -0.2) is 29.1 Å². The van der Waals surface area contributed by atoms with E-state index in [-0.39, 0.29) is 0 Å². The van der Waals surface area contributed by atoms with E-state index < -0.39 is 5.60 Å². The average Bonchev–Trinajstić information content (AvgIpc) is 2.94. The molecule has 2 nitrogen and oxygen atoms in total. The van der Waals surface area contributed by atoms with Crippen molar-refractivity contribution in [2.75, 3.05) is 7.05 Å². The Kier molecular flexibility index (Phi) is 2.42. The molecule has 1 N–H and O–H groups in total. The lowest BCUT2D eigenvalue weighted by atomic mass is 9.78. The van der Waals surface area contributed by atoms with Crippen LogP contribution in [0.15, 0.2) is 24.3 Å². The molecule has 19 heavy (non-hydrogen) atoms. The van der Waals surface area contributed by atoms with Gasteiger partial charge >= 0.3 is 0 Å². The SMILES string of the molecule is CN1C2CCC1CC(O)(c1cccc3c1CC=C3)C2. The van der Waals surface area contributed by atoms with Gasteiger partial charge in [0.05, 0.1) is 5.60 Å². The zero-order valence-corrected chi connectivity index (χ0v) is 11.5. The molecule has 4 rings (SSSR count). The van der Waals surface area contributed by atoms with E-state index in [2.05, 4.69) is 42.3 Å². The number of aliphatic hydroxyl groups is 1. The van der Waals surface area contributed by atoms with Gasteiger partial charge in [-0.3, -0.25) is 0 Å². The highest BCUT2D eigenvalue weighted by atomic mass is 16.3. The summed E-state index contributed by atoms with van der Waals surface area (Å²) in [7, 11) is 2.22. The van der Waals surface area contributed by atoms with Crippen LogP contribution in [0.4, 0.5) is 0 Å². The van der Waals surface area contributed by atoms with Crippen molar-refractivity contribution in [1.82, 2.24) is 4.90 Å². The minimum atomic E-state index is -0.601. The van der Waals surface area contributed by atoms with Crippen molar-refractivity contribution < 1.29 is 5.11 Å². The fourth-order valence-electron chi connectivity index (χ4n) is 4.39. The van der Waals surface area contributed by atoms with Crippen molar-refractivity contribution in [2.24, 2.45) is 0 Å². The van der Waals surface area contributed by atoms with Gasteiger partial charge in [-0.1, -0.05) is 30.4 Å². The fraction of sp³-hybridized carbons (Fsp3) is 0.529. The van der Waals surface area contributed by atoms with Crippen LogP contribution in [0.1, 0.15) is 42.4 Å². The van der Waals surface area contributed by atoms with Crippen molar-refractivity contribution in [3.8, 4) is 0 Å². The minimum Gasteiger partial charge on any atom is -0.385 e. The van der Waals surface area contributed by atoms with E-state index >= 15 is 0 Å². The van der Waals surface area contributed by atoms with Gasteiger partial charge in [0.25, 0.3) is 0 Å². The molecular weight excluding hydrogens is 234 g/mol. The van der Waals surface area contributed by atoms with Crippen molar-refractivity contribution in [2.45, 2.75) is 49.8 Å². The maximum absolute atomic E-state index is 11.3. The van der Waals surface area contributed by atoms with Gasteiger partial charge in [-0.05, 0) is 55.8 Å². The van der Waals surface area contributed by atoms with E-state index in [4.69, 9.17) is 0 Å². The molecule has 1 aromatic rings. The summed E-state index contributed by atoms with van der Waals surface area (Å²) in [5, 5.41) is 11.3. The highest BCUT2D eigenvalue weighted by Gasteiger charge is 2.47. The first-order chi connectivity index (χ1) is 9.17. The third kappa shape index (κ3) is 1.63. The van der Waals surface area contributed by atoms with E-state index in [0.717, 1.165) is 19.3 Å². The normalized spacial score (nSPS) is 36.7. The third-order valence-corrected chi connectivity index (χ3v) is 5.46. The van der Waals surface area contributed by atoms with E-state index in [0.29, 0.717) is 12.1 Å². The van der Waals surface area contributed by atoms with Crippen LogP contribution in [-0.2, 0) is 12.0 Å². The first kappa shape index (κ1) is 11.7. The quantitative estimate of drug-likeness (QED) is 0.834. The number of fused-ring (bicyclic) bond motifs is 3.